The molecule has 1 fully saturated rings. The Morgan fingerprint density at radius 3 is 2.52 bits per heavy atom. The number of anilines is 1. The summed E-state index contributed by atoms with van der Waals surface area (Å²) in [5.74, 6) is 0.450. The van der Waals surface area contributed by atoms with Crippen LogP contribution in [0.1, 0.15) is 24.1 Å². The van der Waals surface area contributed by atoms with Crippen LogP contribution in [0, 0.1) is 5.92 Å². The lowest BCUT2D eigenvalue weighted by atomic mass is 10.2. The Labute approximate surface area is 169 Å². The van der Waals surface area contributed by atoms with Gasteiger partial charge in [-0.2, -0.15) is 5.10 Å². The van der Waals surface area contributed by atoms with Crippen LogP contribution in [-0.2, 0) is 4.79 Å². The van der Waals surface area contributed by atoms with Crippen LogP contribution in [0.25, 0.3) is 23.1 Å². The molecule has 5 nitrogen and oxygen atoms in total. The Balaban J connectivity index is 0.000000150. The van der Waals surface area contributed by atoms with E-state index in [1.807, 2.05) is 79.0 Å². The van der Waals surface area contributed by atoms with Crippen molar-refractivity contribution in [1.29, 1.82) is 0 Å². The van der Waals surface area contributed by atoms with E-state index in [0.29, 0.717) is 0 Å². The fraction of sp³-hybridized carbons (Fsp3) is 0.125. The maximum Gasteiger partial charge on any atom is 0.227 e. The lowest BCUT2D eigenvalue weighted by Crippen LogP contribution is -2.12. The molecule has 0 radical (unpaired) electrons. The molecule has 5 heteroatoms. The van der Waals surface area contributed by atoms with Crippen LogP contribution in [0.15, 0.2) is 79.1 Å². The number of amides is 1. The molecule has 2 aromatic heterocycles. The standard InChI is InChI=1S/C14H11N3.C10H11NO/c1-2-6-13-12(5-1)14(17-16-13)8-7-11-4-3-9-15-10-11;12-10(8-6-7-8)11-9-4-2-1-3-5-9/h1-10H,(H,16,17);1-5,8H,6-7H2,(H,11,12)/b8-7+;. The first-order valence-corrected chi connectivity index (χ1v) is 9.67. The zero-order valence-corrected chi connectivity index (χ0v) is 16.0. The second kappa shape index (κ2) is 8.97. The fourth-order valence-corrected chi connectivity index (χ4v) is 2.87. The van der Waals surface area contributed by atoms with Crippen LogP contribution >= 0.6 is 0 Å². The van der Waals surface area contributed by atoms with Crippen molar-refractivity contribution in [2.45, 2.75) is 12.8 Å². The number of nitrogens with one attached hydrogen (secondary N) is 2. The van der Waals surface area contributed by atoms with E-state index in [0.717, 1.165) is 40.7 Å². The highest BCUT2D eigenvalue weighted by molar-refractivity contribution is 5.94. The molecule has 144 valence electrons. The van der Waals surface area contributed by atoms with Crippen molar-refractivity contribution < 1.29 is 4.79 Å². The number of hydrogen-bond donors (Lipinski definition) is 2. The molecule has 0 unspecified atom stereocenters. The number of benzene rings is 2. The quantitative estimate of drug-likeness (QED) is 0.512. The monoisotopic (exact) mass is 382 g/mol. The van der Waals surface area contributed by atoms with Crippen LogP contribution in [-0.4, -0.2) is 21.1 Å². The first-order valence-electron chi connectivity index (χ1n) is 9.67. The molecule has 1 saturated carbocycles. The average molecular weight is 382 g/mol. The molecular weight excluding hydrogens is 360 g/mol. The number of rotatable bonds is 4. The van der Waals surface area contributed by atoms with E-state index in [-0.39, 0.29) is 11.8 Å². The molecule has 4 aromatic rings. The van der Waals surface area contributed by atoms with Gasteiger partial charge < -0.3 is 5.32 Å². The number of carbonyl (C=O) groups is 1. The van der Waals surface area contributed by atoms with Crippen molar-refractivity contribution in [2.75, 3.05) is 5.32 Å². The van der Waals surface area contributed by atoms with Crippen LogP contribution < -0.4 is 5.32 Å². The second-order valence-corrected chi connectivity index (χ2v) is 6.90. The number of H-pyrrole nitrogens is 1. The van der Waals surface area contributed by atoms with Crippen LogP contribution in [0.2, 0.25) is 0 Å². The van der Waals surface area contributed by atoms with Gasteiger partial charge in [-0.25, -0.2) is 0 Å². The molecule has 0 saturated heterocycles. The Bertz CT molecular complexity index is 1100. The van der Waals surface area contributed by atoms with Crippen molar-refractivity contribution in [3.8, 4) is 0 Å². The molecule has 5 rings (SSSR count). The number of hydrogen-bond acceptors (Lipinski definition) is 3. The van der Waals surface area contributed by atoms with Gasteiger partial charge in [-0.05, 0) is 48.7 Å². The number of aromatic amines is 1. The SMILES string of the molecule is C(=C\c1n[nH]c2ccccc12)/c1cccnc1.O=C(Nc1ccccc1)C1CC1. The van der Waals surface area contributed by atoms with E-state index >= 15 is 0 Å². The summed E-state index contributed by atoms with van der Waals surface area (Å²) in [6.45, 7) is 0. The molecule has 1 aliphatic carbocycles. The van der Waals surface area contributed by atoms with E-state index in [1.54, 1.807) is 6.20 Å². The van der Waals surface area contributed by atoms with Gasteiger partial charge in [0.15, 0.2) is 0 Å². The van der Waals surface area contributed by atoms with Gasteiger partial charge >= 0.3 is 0 Å². The topological polar surface area (TPSA) is 70.7 Å². The third-order valence-corrected chi connectivity index (χ3v) is 4.61. The van der Waals surface area contributed by atoms with Gasteiger partial charge in [0.1, 0.15) is 0 Å². The first kappa shape index (κ1) is 18.6. The summed E-state index contributed by atoms with van der Waals surface area (Å²) in [4.78, 5) is 15.3. The third-order valence-electron chi connectivity index (χ3n) is 4.61. The van der Waals surface area contributed by atoms with Gasteiger partial charge in [0.2, 0.25) is 5.91 Å². The van der Waals surface area contributed by atoms with Gasteiger partial charge in [0, 0.05) is 29.4 Å². The number of nitrogens with zero attached hydrogens (tertiary/aromatic N) is 2. The lowest BCUT2D eigenvalue weighted by Gasteiger charge is -2.01. The summed E-state index contributed by atoms with van der Waals surface area (Å²) in [6, 6.07) is 21.6. The summed E-state index contributed by atoms with van der Waals surface area (Å²) >= 11 is 0. The second-order valence-electron chi connectivity index (χ2n) is 6.90. The normalized spacial score (nSPS) is 13.1. The molecular formula is C24H22N4O. The Hall–Kier alpha value is -3.73. The van der Waals surface area contributed by atoms with Gasteiger partial charge in [-0.1, -0.05) is 48.5 Å². The summed E-state index contributed by atoms with van der Waals surface area (Å²) in [6.07, 6.45) is 9.70. The lowest BCUT2D eigenvalue weighted by molar-refractivity contribution is -0.117. The van der Waals surface area contributed by atoms with Gasteiger partial charge in [-0.3, -0.25) is 14.9 Å². The predicted octanol–water partition coefficient (Wildman–Crippen LogP) is 5.16. The van der Waals surface area contributed by atoms with Crippen LogP contribution in [0.3, 0.4) is 0 Å². The Morgan fingerprint density at radius 2 is 1.76 bits per heavy atom. The number of fused-ring (bicyclic) bond motifs is 1. The molecule has 1 aliphatic rings. The first-order chi connectivity index (χ1) is 14.3. The van der Waals surface area contributed by atoms with E-state index in [4.69, 9.17) is 0 Å². The molecule has 0 spiro atoms. The largest absolute Gasteiger partial charge is 0.326 e. The predicted molar refractivity (Wildman–Crippen MR) is 117 cm³/mol. The number of pyridine rings is 1. The van der Waals surface area contributed by atoms with Crippen molar-refractivity contribution >= 4 is 34.6 Å². The zero-order chi connectivity index (χ0) is 19.9. The highest BCUT2D eigenvalue weighted by Crippen LogP contribution is 2.30. The maximum atomic E-state index is 11.3. The Kier molecular flexibility index (Phi) is 5.76. The van der Waals surface area contributed by atoms with Crippen molar-refractivity contribution in [1.82, 2.24) is 15.2 Å². The Morgan fingerprint density at radius 1 is 0.966 bits per heavy atom. The van der Waals surface area contributed by atoms with Crippen LogP contribution in [0.5, 0.6) is 0 Å². The highest BCUT2D eigenvalue weighted by Gasteiger charge is 2.29. The molecule has 2 heterocycles. The minimum Gasteiger partial charge on any atom is -0.326 e. The van der Waals surface area contributed by atoms with Crippen molar-refractivity contribution in [3.05, 3.63) is 90.4 Å². The summed E-state index contributed by atoms with van der Waals surface area (Å²) < 4.78 is 0. The molecule has 2 aromatic carbocycles. The smallest absolute Gasteiger partial charge is 0.227 e. The number of aromatic nitrogens is 3. The summed E-state index contributed by atoms with van der Waals surface area (Å²) in [5, 5.41) is 11.3. The van der Waals surface area contributed by atoms with E-state index in [9.17, 15) is 4.79 Å². The number of carbonyl (C=O) groups excluding carboxylic acids is 1. The van der Waals surface area contributed by atoms with Crippen molar-refractivity contribution in [2.24, 2.45) is 5.92 Å². The minimum absolute atomic E-state index is 0.168. The van der Waals surface area contributed by atoms with Gasteiger partial charge in [0.25, 0.3) is 0 Å². The summed E-state index contributed by atoms with van der Waals surface area (Å²) in [5.41, 5.74) is 3.97. The molecule has 29 heavy (non-hydrogen) atoms. The van der Waals surface area contributed by atoms with Crippen molar-refractivity contribution in [3.63, 3.8) is 0 Å². The zero-order valence-electron chi connectivity index (χ0n) is 16.0. The average Bonchev–Trinajstić information content (AvgIpc) is 3.55. The summed E-state index contributed by atoms with van der Waals surface area (Å²) in [7, 11) is 0. The van der Waals surface area contributed by atoms with Gasteiger partial charge in [0.05, 0.1) is 11.2 Å². The molecule has 0 bridgehead atoms. The van der Waals surface area contributed by atoms with E-state index in [2.05, 4.69) is 26.6 Å². The van der Waals surface area contributed by atoms with Crippen LogP contribution in [0.4, 0.5) is 5.69 Å². The molecule has 1 amide bonds. The van der Waals surface area contributed by atoms with Gasteiger partial charge in [-0.15, -0.1) is 0 Å². The molecule has 0 atom stereocenters. The van der Waals surface area contributed by atoms with E-state index < -0.39 is 0 Å². The number of para-hydroxylation sites is 2. The highest BCUT2D eigenvalue weighted by atomic mass is 16.2. The minimum atomic E-state index is 0.168. The molecule has 2 N–H and O–H groups in total. The van der Waals surface area contributed by atoms with E-state index in [1.165, 1.54) is 0 Å². The maximum absolute atomic E-state index is 11.3. The fourth-order valence-electron chi connectivity index (χ4n) is 2.87. The third kappa shape index (κ3) is 5.17. The molecule has 0 aliphatic heterocycles.